The highest BCUT2D eigenvalue weighted by atomic mass is 16.4. The van der Waals surface area contributed by atoms with E-state index < -0.39 is 5.97 Å². The summed E-state index contributed by atoms with van der Waals surface area (Å²) in [6.07, 6.45) is 2.84. The standard InChI is InChI=1S/C8H14N2O2/c9-7(10)5-1-3-6(4-2-5)8(11)12/h5-6H,1-4H2,(H3,9,10)(H,11,12). The highest BCUT2D eigenvalue weighted by Crippen LogP contribution is 2.28. The smallest absolute Gasteiger partial charge is 0.306 e. The molecule has 0 aromatic rings. The van der Waals surface area contributed by atoms with Gasteiger partial charge in [0.25, 0.3) is 0 Å². The Kier molecular flexibility index (Phi) is 2.68. The molecule has 1 rings (SSSR count). The van der Waals surface area contributed by atoms with E-state index in [0.29, 0.717) is 12.8 Å². The Morgan fingerprint density at radius 1 is 1.25 bits per heavy atom. The van der Waals surface area contributed by atoms with Crippen molar-refractivity contribution in [3.8, 4) is 0 Å². The lowest BCUT2D eigenvalue weighted by Gasteiger charge is -2.24. The normalized spacial score (nSPS) is 29.7. The predicted octanol–water partition coefficient (Wildman–Crippen LogP) is 0.813. The van der Waals surface area contributed by atoms with Crippen LogP contribution >= 0.6 is 0 Å². The molecule has 0 heterocycles. The summed E-state index contributed by atoms with van der Waals surface area (Å²) in [5, 5.41) is 15.9. The molecule has 0 amide bonds. The van der Waals surface area contributed by atoms with Crippen LogP contribution in [0.5, 0.6) is 0 Å². The highest BCUT2D eigenvalue weighted by molar-refractivity contribution is 5.80. The number of rotatable bonds is 2. The first-order valence-corrected chi connectivity index (χ1v) is 4.18. The zero-order valence-electron chi connectivity index (χ0n) is 6.92. The van der Waals surface area contributed by atoms with Gasteiger partial charge in [0.15, 0.2) is 0 Å². The number of nitrogens with one attached hydrogen (secondary N) is 1. The van der Waals surface area contributed by atoms with Crippen molar-refractivity contribution in [3.63, 3.8) is 0 Å². The van der Waals surface area contributed by atoms with Crippen molar-refractivity contribution in [3.05, 3.63) is 0 Å². The van der Waals surface area contributed by atoms with Gasteiger partial charge >= 0.3 is 5.97 Å². The van der Waals surface area contributed by atoms with Gasteiger partial charge in [0.1, 0.15) is 0 Å². The van der Waals surface area contributed by atoms with E-state index >= 15 is 0 Å². The molecule has 1 aliphatic carbocycles. The van der Waals surface area contributed by atoms with Gasteiger partial charge in [-0.1, -0.05) is 0 Å². The van der Waals surface area contributed by atoms with Gasteiger partial charge in [-0.25, -0.2) is 0 Å². The van der Waals surface area contributed by atoms with Gasteiger partial charge in [-0.2, -0.15) is 0 Å². The van der Waals surface area contributed by atoms with Gasteiger partial charge in [0, 0.05) is 5.92 Å². The second-order valence-electron chi connectivity index (χ2n) is 3.34. The second-order valence-corrected chi connectivity index (χ2v) is 3.34. The van der Waals surface area contributed by atoms with E-state index in [1.165, 1.54) is 0 Å². The third-order valence-electron chi connectivity index (χ3n) is 2.52. The van der Waals surface area contributed by atoms with Crippen molar-refractivity contribution in [2.24, 2.45) is 17.6 Å². The topological polar surface area (TPSA) is 87.2 Å². The summed E-state index contributed by atoms with van der Waals surface area (Å²) < 4.78 is 0. The predicted molar refractivity (Wildman–Crippen MR) is 45.0 cm³/mol. The van der Waals surface area contributed by atoms with Crippen molar-refractivity contribution in [2.75, 3.05) is 0 Å². The second kappa shape index (κ2) is 3.56. The zero-order valence-corrected chi connectivity index (χ0v) is 6.92. The molecule has 4 heteroatoms. The van der Waals surface area contributed by atoms with E-state index in [1.54, 1.807) is 0 Å². The number of aliphatic carboxylic acids is 1. The molecule has 0 aliphatic heterocycles. The van der Waals surface area contributed by atoms with Gasteiger partial charge in [0.05, 0.1) is 11.8 Å². The molecule has 0 bridgehead atoms. The SMILES string of the molecule is N=C(N)C1CCC(C(=O)O)CC1. The Labute approximate surface area is 71.3 Å². The fourth-order valence-corrected chi connectivity index (χ4v) is 1.65. The molecule has 12 heavy (non-hydrogen) atoms. The van der Waals surface area contributed by atoms with Gasteiger partial charge < -0.3 is 10.8 Å². The van der Waals surface area contributed by atoms with E-state index in [9.17, 15) is 4.79 Å². The minimum Gasteiger partial charge on any atom is -0.481 e. The Hall–Kier alpha value is -1.06. The van der Waals surface area contributed by atoms with Crippen LogP contribution in [0.25, 0.3) is 0 Å². The number of nitrogens with two attached hydrogens (primary N) is 1. The maximum atomic E-state index is 10.5. The minimum atomic E-state index is -0.711. The molecule has 1 fully saturated rings. The monoisotopic (exact) mass is 170 g/mol. The number of hydrogen-bond acceptors (Lipinski definition) is 2. The molecule has 0 aromatic carbocycles. The highest BCUT2D eigenvalue weighted by Gasteiger charge is 2.26. The maximum Gasteiger partial charge on any atom is 0.306 e. The van der Waals surface area contributed by atoms with Crippen LogP contribution in [0.15, 0.2) is 0 Å². The number of carboxylic acids is 1. The quantitative estimate of drug-likeness (QED) is 0.423. The molecule has 68 valence electrons. The first-order chi connectivity index (χ1) is 5.61. The van der Waals surface area contributed by atoms with E-state index in [0.717, 1.165) is 12.8 Å². The molecular weight excluding hydrogens is 156 g/mol. The molecule has 0 saturated heterocycles. The summed E-state index contributed by atoms with van der Waals surface area (Å²) in [6, 6.07) is 0. The Morgan fingerprint density at radius 3 is 2.00 bits per heavy atom. The van der Waals surface area contributed by atoms with Crippen LogP contribution in [0.3, 0.4) is 0 Å². The van der Waals surface area contributed by atoms with Crippen molar-refractivity contribution in [1.82, 2.24) is 0 Å². The zero-order chi connectivity index (χ0) is 9.14. The van der Waals surface area contributed by atoms with Crippen LogP contribution in [0.1, 0.15) is 25.7 Å². The van der Waals surface area contributed by atoms with Gasteiger partial charge in [0.2, 0.25) is 0 Å². The lowest BCUT2D eigenvalue weighted by Crippen LogP contribution is -2.29. The number of amidine groups is 1. The summed E-state index contributed by atoms with van der Waals surface area (Å²) in [7, 11) is 0. The van der Waals surface area contributed by atoms with Crippen LogP contribution in [-0.4, -0.2) is 16.9 Å². The van der Waals surface area contributed by atoms with Gasteiger partial charge in [-0.3, -0.25) is 10.2 Å². The van der Waals surface area contributed by atoms with Gasteiger partial charge in [-0.15, -0.1) is 0 Å². The molecule has 1 saturated carbocycles. The van der Waals surface area contributed by atoms with Crippen LogP contribution in [0.2, 0.25) is 0 Å². The van der Waals surface area contributed by atoms with E-state index in [4.69, 9.17) is 16.2 Å². The molecule has 0 aromatic heterocycles. The Bertz CT molecular complexity index is 173. The van der Waals surface area contributed by atoms with Crippen molar-refractivity contribution < 1.29 is 9.90 Å². The van der Waals surface area contributed by atoms with Crippen molar-refractivity contribution >= 4 is 11.8 Å². The van der Waals surface area contributed by atoms with Crippen molar-refractivity contribution in [2.45, 2.75) is 25.7 Å². The van der Waals surface area contributed by atoms with E-state index in [-0.39, 0.29) is 17.7 Å². The molecule has 0 unspecified atom stereocenters. The molecule has 0 spiro atoms. The van der Waals surface area contributed by atoms with Crippen LogP contribution < -0.4 is 5.73 Å². The van der Waals surface area contributed by atoms with E-state index in [1.807, 2.05) is 0 Å². The molecule has 0 radical (unpaired) electrons. The molecular formula is C8H14N2O2. The summed E-state index contributed by atoms with van der Waals surface area (Å²) in [5.74, 6) is -0.586. The van der Waals surface area contributed by atoms with Crippen LogP contribution in [-0.2, 0) is 4.79 Å². The Balaban J connectivity index is 2.39. The fourth-order valence-electron chi connectivity index (χ4n) is 1.65. The third-order valence-corrected chi connectivity index (χ3v) is 2.52. The number of carboxylic acid groups (broad SMARTS) is 1. The molecule has 0 atom stereocenters. The first kappa shape index (κ1) is 9.03. The molecule has 1 aliphatic rings. The van der Waals surface area contributed by atoms with Crippen LogP contribution in [0, 0.1) is 17.2 Å². The summed E-state index contributed by atoms with van der Waals surface area (Å²) in [5.41, 5.74) is 5.32. The lowest BCUT2D eigenvalue weighted by molar-refractivity contribution is -0.142. The molecule has 4 nitrogen and oxygen atoms in total. The summed E-state index contributed by atoms with van der Waals surface area (Å²) in [6.45, 7) is 0. The Morgan fingerprint density at radius 2 is 1.67 bits per heavy atom. The summed E-state index contributed by atoms with van der Waals surface area (Å²) in [4.78, 5) is 10.5. The lowest BCUT2D eigenvalue weighted by atomic mass is 9.81. The first-order valence-electron chi connectivity index (χ1n) is 4.18. The summed E-state index contributed by atoms with van der Waals surface area (Å²) >= 11 is 0. The van der Waals surface area contributed by atoms with Gasteiger partial charge in [-0.05, 0) is 25.7 Å². The maximum absolute atomic E-state index is 10.5. The van der Waals surface area contributed by atoms with Crippen molar-refractivity contribution in [1.29, 1.82) is 5.41 Å². The third kappa shape index (κ3) is 1.96. The largest absolute Gasteiger partial charge is 0.481 e. The van der Waals surface area contributed by atoms with Crippen LogP contribution in [0.4, 0.5) is 0 Å². The minimum absolute atomic E-state index is 0.126. The average Bonchev–Trinajstić information content (AvgIpc) is 2.04. The average molecular weight is 170 g/mol. The van der Waals surface area contributed by atoms with E-state index in [2.05, 4.69) is 0 Å². The molecule has 4 N–H and O–H groups in total. The number of carbonyl (C=O) groups is 1. The number of hydrogen-bond donors (Lipinski definition) is 3. The fraction of sp³-hybridized carbons (Fsp3) is 0.750.